The van der Waals surface area contributed by atoms with Crippen molar-refractivity contribution in [1.29, 1.82) is 0 Å². The number of hydrogen-bond donors (Lipinski definition) is 1. The zero-order chi connectivity index (χ0) is 18.1. The van der Waals surface area contributed by atoms with E-state index in [9.17, 15) is 0 Å². The Morgan fingerprint density at radius 2 is 1.77 bits per heavy atom. The van der Waals surface area contributed by atoms with Gasteiger partial charge in [0, 0.05) is 10.9 Å². The number of halogens is 1. The number of fused-ring (bicyclic) bond motifs is 1. The van der Waals surface area contributed by atoms with Crippen molar-refractivity contribution in [3.63, 3.8) is 0 Å². The number of nitrogens with one attached hydrogen (secondary N) is 1. The third kappa shape index (κ3) is 3.18. The fraction of sp³-hybridized carbons (Fsp3) is 0.143. The maximum atomic E-state index is 6.30. The van der Waals surface area contributed by atoms with Crippen molar-refractivity contribution < 1.29 is 0 Å². The number of nitrogens with zero attached hydrogens (tertiary/aromatic N) is 2. The van der Waals surface area contributed by atoms with E-state index in [4.69, 9.17) is 11.6 Å². The summed E-state index contributed by atoms with van der Waals surface area (Å²) in [6.45, 7) is 4.41. The van der Waals surface area contributed by atoms with E-state index in [0.29, 0.717) is 10.9 Å². The summed E-state index contributed by atoms with van der Waals surface area (Å²) in [6, 6.07) is 16.4. The van der Waals surface area contributed by atoms with Gasteiger partial charge in [-0.15, -0.1) is 11.3 Å². The third-order valence-corrected chi connectivity index (χ3v) is 5.60. The molecular weight excluding hydrogens is 362 g/mol. The highest BCUT2D eigenvalue weighted by atomic mass is 35.5. The van der Waals surface area contributed by atoms with Crippen LogP contribution in [0.4, 0.5) is 11.5 Å². The smallest absolute Gasteiger partial charge is 0.143 e. The van der Waals surface area contributed by atoms with Crippen molar-refractivity contribution in [2.24, 2.45) is 0 Å². The highest BCUT2D eigenvalue weighted by Gasteiger charge is 2.14. The highest BCUT2D eigenvalue weighted by Crippen LogP contribution is 2.38. The Morgan fingerprint density at radius 1 is 1.00 bits per heavy atom. The first-order valence-electron chi connectivity index (χ1n) is 8.47. The number of hydrogen-bond acceptors (Lipinski definition) is 4. The Balaban J connectivity index is 1.81. The van der Waals surface area contributed by atoms with Gasteiger partial charge in [-0.25, -0.2) is 9.97 Å². The van der Waals surface area contributed by atoms with Gasteiger partial charge in [-0.1, -0.05) is 61.8 Å². The lowest BCUT2D eigenvalue weighted by atomic mass is 9.99. The lowest BCUT2D eigenvalue weighted by Crippen LogP contribution is -1.96. The van der Waals surface area contributed by atoms with Crippen LogP contribution in [0.1, 0.15) is 25.3 Å². The summed E-state index contributed by atoms with van der Waals surface area (Å²) >= 11 is 7.92. The first kappa shape index (κ1) is 17.0. The average Bonchev–Trinajstić information content (AvgIpc) is 3.09. The van der Waals surface area contributed by atoms with E-state index in [1.54, 1.807) is 17.7 Å². The molecule has 4 aromatic rings. The molecule has 1 N–H and O–H groups in total. The quantitative estimate of drug-likeness (QED) is 0.420. The van der Waals surface area contributed by atoms with Crippen molar-refractivity contribution in [1.82, 2.24) is 9.97 Å². The van der Waals surface area contributed by atoms with Crippen LogP contribution in [0.3, 0.4) is 0 Å². The number of anilines is 2. The number of para-hydroxylation sites is 1. The van der Waals surface area contributed by atoms with Crippen LogP contribution in [-0.4, -0.2) is 9.97 Å². The normalized spacial score (nSPS) is 11.2. The van der Waals surface area contributed by atoms with Gasteiger partial charge in [-0.05, 0) is 29.2 Å². The Kier molecular flexibility index (Phi) is 4.62. The second-order valence-electron chi connectivity index (χ2n) is 6.43. The molecule has 2 aromatic heterocycles. The summed E-state index contributed by atoms with van der Waals surface area (Å²) in [5, 5.41) is 7.19. The number of aromatic nitrogens is 2. The summed E-state index contributed by atoms with van der Waals surface area (Å²) < 4.78 is 0. The Morgan fingerprint density at radius 3 is 2.50 bits per heavy atom. The van der Waals surface area contributed by atoms with Gasteiger partial charge in [0.15, 0.2) is 0 Å². The van der Waals surface area contributed by atoms with Crippen LogP contribution >= 0.6 is 22.9 Å². The molecule has 0 unspecified atom stereocenters. The van der Waals surface area contributed by atoms with E-state index in [1.165, 1.54) is 5.56 Å². The van der Waals surface area contributed by atoms with Gasteiger partial charge in [-0.3, -0.25) is 0 Å². The molecule has 5 heteroatoms. The van der Waals surface area contributed by atoms with Gasteiger partial charge >= 0.3 is 0 Å². The molecule has 0 aliphatic heterocycles. The van der Waals surface area contributed by atoms with Crippen LogP contribution in [0, 0.1) is 0 Å². The van der Waals surface area contributed by atoms with Gasteiger partial charge in [0.25, 0.3) is 0 Å². The Labute approximate surface area is 161 Å². The third-order valence-electron chi connectivity index (χ3n) is 4.39. The minimum absolute atomic E-state index is 0.518. The fourth-order valence-corrected chi connectivity index (χ4v) is 4.02. The van der Waals surface area contributed by atoms with E-state index in [2.05, 4.69) is 58.8 Å². The van der Waals surface area contributed by atoms with Gasteiger partial charge in [0.05, 0.1) is 16.1 Å². The molecule has 4 rings (SSSR count). The molecule has 0 atom stereocenters. The van der Waals surface area contributed by atoms with E-state index < -0.39 is 0 Å². The molecule has 0 spiro atoms. The first-order chi connectivity index (χ1) is 12.6. The van der Waals surface area contributed by atoms with Crippen molar-refractivity contribution in [2.75, 3.05) is 5.32 Å². The summed E-state index contributed by atoms with van der Waals surface area (Å²) in [6.07, 6.45) is 1.59. The maximum absolute atomic E-state index is 6.30. The number of thiophene rings is 1. The van der Waals surface area contributed by atoms with Crippen LogP contribution in [0.5, 0.6) is 0 Å². The van der Waals surface area contributed by atoms with Gasteiger partial charge < -0.3 is 5.32 Å². The summed E-state index contributed by atoms with van der Waals surface area (Å²) in [7, 11) is 0. The average molecular weight is 380 g/mol. The fourth-order valence-electron chi connectivity index (χ4n) is 2.92. The predicted octanol–water partition coefficient (Wildman–Crippen LogP) is 6.88. The summed E-state index contributed by atoms with van der Waals surface area (Å²) in [5.41, 5.74) is 4.47. The van der Waals surface area contributed by atoms with Crippen molar-refractivity contribution in [2.45, 2.75) is 19.8 Å². The van der Waals surface area contributed by atoms with Crippen molar-refractivity contribution in [3.8, 4) is 11.1 Å². The molecule has 0 saturated heterocycles. The molecule has 0 bridgehead atoms. The Bertz CT molecular complexity index is 1050. The number of benzene rings is 2. The molecule has 0 aliphatic rings. The number of rotatable bonds is 4. The van der Waals surface area contributed by atoms with E-state index >= 15 is 0 Å². The molecule has 0 aliphatic carbocycles. The zero-order valence-corrected chi connectivity index (χ0v) is 16.1. The molecule has 2 heterocycles. The minimum Gasteiger partial charge on any atom is -0.338 e. The lowest BCUT2D eigenvalue weighted by Gasteiger charge is -2.10. The molecule has 0 saturated carbocycles. The van der Waals surface area contributed by atoms with Crippen LogP contribution < -0.4 is 5.32 Å². The second kappa shape index (κ2) is 7.06. The van der Waals surface area contributed by atoms with Crippen LogP contribution in [0.15, 0.2) is 60.2 Å². The summed E-state index contributed by atoms with van der Waals surface area (Å²) in [5.74, 6) is 1.29. The molecule has 0 radical (unpaired) electrons. The molecule has 3 nitrogen and oxygen atoms in total. The monoisotopic (exact) mass is 379 g/mol. The van der Waals surface area contributed by atoms with Crippen molar-refractivity contribution in [3.05, 3.63) is 70.8 Å². The predicted molar refractivity (Wildman–Crippen MR) is 112 cm³/mol. The zero-order valence-electron chi connectivity index (χ0n) is 14.5. The van der Waals surface area contributed by atoms with Gasteiger partial charge in [0.2, 0.25) is 0 Å². The maximum Gasteiger partial charge on any atom is 0.143 e. The SMILES string of the molecule is CC(C)c1ccc(-c2csc3ncnc(Nc4ccccc4Cl)c23)cc1. The van der Waals surface area contributed by atoms with E-state index in [0.717, 1.165) is 32.8 Å². The van der Waals surface area contributed by atoms with E-state index in [1.807, 2.05) is 24.3 Å². The molecule has 26 heavy (non-hydrogen) atoms. The van der Waals surface area contributed by atoms with Gasteiger partial charge in [0.1, 0.15) is 17.0 Å². The first-order valence-corrected chi connectivity index (χ1v) is 9.73. The molecule has 0 fully saturated rings. The second-order valence-corrected chi connectivity index (χ2v) is 7.70. The Hall–Kier alpha value is -2.43. The van der Waals surface area contributed by atoms with Gasteiger partial charge in [-0.2, -0.15) is 0 Å². The van der Waals surface area contributed by atoms with Crippen LogP contribution in [0.25, 0.3) is 21.3 Å². The standard InChI is InChI=1S/C21H18ClN3S/c1-13(2)14-7-9-15(10-8-14)16-11-26-21-19(16)20(23-12-24-21)25-18-6-4-3-5-17(18)22/h3-13H,1-2H3,(H,23,24,25). The topological polar surface area (TPSA) is 37.8 Å². The molecule has 0 amide bonds. The lowest BCUT2D eigenvalue weighted by molar-refractivity contribution is 0.867. The largest absolute Gasteiger partial charge is 0.338 e. The van der Waals surface area contributed by atoms with Crippen molar-refractivity contribution >= 4 is 44.7 Å². The molecule has 2 aromatic carbocycles. The van der Waals surface area contributed by atoms with Crippen LogP contribution in [-0.2, 0) is 0 Å². The highest BCUT2D eigenvalue weighted by molar-refractivity contribution is 7.17. The summed E-state index contributed by atoms with van der Waals surface area (Å²) in [4.78, 5) is 9.86. The molecule has 130 valence electrons. The van der Waals surface area contributed by atoms with Crippen LogP contribution in [0.2, 0.25) is 5.02 Å². The minimum atomic E-state index is 0.518. The molecular formula is C21H18ClN3S. The van der Waals surface area contributed by atoms with E-state index in [-0.39, 0.29) is 0 Å².